The molecule has 7 nitrogen and oxygen atoms in total. The molecule has 0 aliphatic carbocycles. The minimum Gasteiger partial charge on any atom is -0.493 e. The zero-order chi connectivity index (χ0) is 24.0. The van der Waals surface area contributed by atoms with E-state index in [0.717, 1.165) is 24.1 Å². The van der Waals surface area contributed by atoms with E-state index in [2.05, 4.69) is 20.9 Å². The van der Waals surface area contributed by atoms with Gasteiger partial charge in [0.2, 0.25) is 0 Å². The van der Waals surface area contributed by atoms with E-state index in [4.69, 9.17) is 9.47 Å². The molecular formula is C26H29FN4O3. The lowest BCUT2D eigenvalue weighted by molar-refractivity contribution is 0.246. The van der Waals surface area contributed by atoms with Crippen LogP contribution < -0.4 is 25.4 Å². The maximum absolute atomic E-state index is 13.5. The first kappa shape index (κ1) is 23.5. The molecule has 1 atom stereocenters. The topological polar surface area (TPSA) is 84.5 Å². The molecule has 0 saturated heterocycles. The van der Waals surface area contributed by atoms with Crippen molar-refractivity contribution in [2.45, 2.75) is 24.8 Å². The number of fused-ring (bicyclic) bond motifs is 1. The molecular weight excluding hydrogens is 435 g/mol. The van der Waals surface area contributed by atoms with E-state index in [0.29, 0.717) is 36.6 Å². The van der Waals surface area contributed by atoms with Crippen molar-refractivity contribution < 1.29 is 18.7 Å². The van der Waals surface area contributed by atoms with Crippen LogP contribution >= 0.6 is 0 Å². The van der Waals surface area contributed by atoms with E-state index >= 15 is 0 Å². The number of anilines is 1. The minimum atomic E-state index is -0.477. The van der Waals surface area contributed by atoms with Gasteiger partial charge in [0.05, 0.1) is 14.2 Å². The number of aromatic nitrogens is 1. The van der Waals surface area contributed by atoms with Gasteiger partial charge in [-0.1, -0.05) is 12.1 Å². The van der Waals surface area contributed by atoms with E-state index in [-0.39, 0.29) is 11.8 Å². The highest BCUT2D eigenvalue weighted by molar-refractivity contribution is 5.89. The Morgan fingerprint density at radius 3 is 2.50 bits per heavy atom. The number of amides is 2. The minimum absolute atomic E-state index is 0.268. The molecule has 4 rings (SSSR count). The Morgan fingerprint density at radius 1 is 1.09 bits per heavy atom. The number of nitrogens with one attached hydrogen (secondary N) is 3. The molecule has 2 amide bonds. The van der Waals surface area contributed by atoms with Gasteiger partial charge < -0.3 is 25.4 Å². The summed E-state index contributed by atoms with van der Waals surface area (Å²) in [5.41, 5.74) is 3.45. The van der Waals surface area contributed by atoms with E-state index in [1.165, 1.54) is 17.7 Å². The lowest BCUT2D eigenvalue weighted by Crippen LogP contribution is -2.51. The molecule has 8 heteroatoms. The van der Waals surface area contributed by atoms with Crippen LogP contribution in [-0.4, -0.2) is 38.3 Å². The average molecular weight is 465 g/mol. The van der Waals surface area contributed by atoms with Gasteiger partial charge in [-0.15, -0.1) is 0 Å². The van der Waals surface area contributed by atoms with Gasteiger partial charge >= 0.3 is 6.03 Å². The quantitative estimate of drug-likeness (QED) is 0.469. The molecule has 34 heavy (non-hydrogen) atoms. The van der Waals surface area contributed by atoms with Crippen molar-refractivity contribution in [3.05, 3.63) is 83.4 Å². The predicted molar refractivity (Wildman–Crippen MR) is 129 cm³/mol. The summed E-state index contributed by atoms with van der Waals surface area (Å²) in [6.07, 6.45) is 5.34. The largest absolute Gasteiger partial charge is 0.493 e. The standard InChI is InChI=1S/C26H29FN4O3/c1-33-23-15-19-7-13-30-26(22(19)16-24(23)34-2,17-18-3-5-20(27)6-4-18)10-14-29-25(32)31-21-8-11-28-12-9-21/h3-6,8-9,11-12,15-16,30H,7,10,13-14,17H2,1-2H3,(H2,28,29,31,32). The predicted octanol–water partition coefficient (Wildman–Crippen LogP) is 4.03. The zero-order valence-electron chi connectivity index (χ0n) is 19.4. The van der Waals surface area contributed by atoms with E-state index < -0.39 is 5.54 Å². The van der Waals surface area contributed by atoms with Crippen LogP contribution in [0.15, 0.2) is 60.9 Å². The van der Waals surface area contributed by atoms with Crippen molar-refractivity contribution >= 4 is 11.7 Å². The highest BCUT2D eigenvalue weighted by Crippen LogP contribution is 2.40. The molecule has 0 bridgehead atoms. The van der Waals surface area contributed by atoms with Crippen molar-refractivity contribution in [2.75, 3.05) is 32.6 Å². The van der Waals surface area contributed by atoms with Crippen LogP contribution in [0.5, 0.6) is 11.5 Å². The van der Waals surface area contributed by atoms with E-state index in [1.54, 1.807) is 50.9 Å². The molecule has 0 fully saturated rings. The Labute approximate surface area is 198 Å². The van der Waals surface area contributed by atoms with Gasteiger partial charge in [0.25, 0.3) is 0 Å². The third-order valence-corrected chi connectivity index (χ3v) is 6.18. The summed E-state index contributed by atoms with van der Waals surface area (Å²) in [5.74, 6) is 1.07. The summed E-state index contributed by atoms with van der Waals surface area (Å²) in [5, 5.41) is 9.46. The number of hydrogen-bond acceptors (Lipinski definition) is 5. The zero-order valence-corrected chi connectivity index (χ0v) is 19.4. The monoisotopic (exact) mass is 464 g/mol. The van der Waals surface area contributed by atoms with Crippen LogP contribution in [0.2, 0.25) is 0 Å². The summed E-state index contributed by atoms with van der Waals surface area (Å²) in [6, 6.07) is 13.8. The number of nitrogens with zero attached hydrogens (tertiary/aromatic N) is 1. The molecule has 2 aromatic carbocycles. The summed E-state index contributed by atoms with van der Waals surface area (Å²) in [4.78, 5) is 16.4. The molecule has 178 valence electrons. The molecule has 1 unspecified atom stereocenters. The second kappa shape index (κ2) is 10.5. The van der Waals surface area contributed by atoms with E-state index in [1.807, 2.05) is 12.1 Å². The van der Waals surface area contributed by atoms with Gasteiger partial charge in [0, 0.05) is 36.7 Å². The third-order valence-electron chi connectivity index (χ3n) is 6.18. The number of methoxy groups -OCH3 is 2. The Kier molecular flexibility index (Phi) is 7.27. The van der Waals surface area contributed by atoms with Crippen molar-refractivity contribution in [1.29, 1.82) is 0 Å². The summed E-state index contributed by atoms with van der Waals surface area (Å²) in [6.45, 7) is 1.20. The lowest BCUT2D eigenvalue weighted by Gasteiger charge is -2.41. The number of ether oxygens (including phenoxy) is 2. The van der Waals surface area contributed by atoms with Crippen molar-refractivity contribution in [1.82, 2.24) is 15.6 Å². The van der Waals surface area contributed by atoms with Crippen molar-refractivity contribution in [3.8, 4) is 11.5 Å². The number of hydrogen-bond donors (Lipinski definition) is 3. The summed E-state index contributed by atoms with van der Waals surface area (Å²) >= 11 is 0. The number of halogens is 1. The molecule has 1 aliphatic rings. The van der Waals surface area contributed by atoms with Gasteiger partial charge in [-0.2, -0.15) is 0 Å². The van der Waals surface area contributed by atoms with Gasteiger partial charge in [0.1, 0.15) is 5.82 Å². The molecule has 3 aromatic rings. The average Bonchev–Trinajstić information content (AvgIpc) is 2.85. The van der Waals surface area contributed by atoms with Gasteiger partial charge in [-0.05, 0) is 72.4 Å². The van der Waals surface area contributed by atoms with Crippen LogP contribution in [0, 0.1) is 5.82 Å². The molecule has 0 saturated carbocycles. The smallest absolute Gasteiger partial charge is 0.319 e. The number of urea groups is 1. The fraction of sp³-hybridized carbons (Fsp3) is 0.308. The first-order valence-electron chi connectivity index (χ1n) is 11.2. The van der Waals surface area contributed by atoms with E-state index in [9.17, 15) is 9.18 Å². The molecule has 2 heterocycles. The first-order chi connectivity index (χ1) is 16.5. The van der Waals surface area contributed by atoms with Gasteiger partial charge in [-0.25, -0.2) is 9.18 Å². The summed E-state index contributed by atoms with van der Waals surface area (Å²) < 4.78 is 24.6. The molecule has 0 radical (unpaired) electrons. The highest BCUT2D eigenvalue weighted by atomic mass is 19.1. The molecule has 3 N–H and O–H groups in total. The number of carbonyl (C=O) groups excluding carboxylic acids is 1. The molecule has 0 spiro atoms. The SMILES string of the molecule is COc1cc2c(cc1OC)C(CCNC(=O)Nc1ccncc1)(Cc1ccc(F)cc1)NCC2. The third kappa shape index (κ3) is 5.28. The Bertz CT molecular complexity index is 1120. The fourth-order valence-corrected chi connectivity index (χ4v) is 4.52. The fourth-order valence-electron chi connectivity index (χ4n) is 4.52. The van der Waals surface area contributed by atoms with Crippen LogP contribution in [-0.2, 0) is 18.4 Å². The number of pyridine rings is 1. The highest BCUT2D eigenvalue weighted by Gasteiger charge is 2.37. The maximum atomic E-state index is 13.5. The molecule has 1 aromatic heterocycles. The van der Waals surface area contributed by atoms with Crippen LogP contribution in [0.25, 0.3) is 0 Å². The second-order valence-corrected chi connectivity index (χ2v) is 8.29. The van der Waals surface area contributed by atoms with Gasteiger partial charge in [0.15, 0.2) is 11.5 Å². The lowest BCUT2D eigenvalue weighted by atomic mass is 9.75. The number of benzene rings is 2. The Hall–Kier alpha value is -3.65. The number of rotatable bonds is 8. The van der Waals surface area contributed by atoms with Crippen molar-refractivity contribution in [3.63, 3.8) is 0 Å². The Balaban J connectivity index is 1.60. The van der Waals surface area contributed by atoms with Crippen LogP contribution in [0.1, 0.15) is 23.1 Å². The Morgan fingerprint density at radius 2 is 1.79 bits per heavy atom. The summed E-state index contributed by atoms with van der Waals surface area (Å²) in [7, 11) is 3.25. The van der Waals surface area contributed by atoms with Crippen molar-refractivity contribution in [2.24, 2.45) is 0 Å². The van der Waals surface area contributed by atoms with Crippen LogP contribution in [0.3, 0.4) is 0 Å². The van der Waals surface area contributed by atoms with Gasteiger partial charge in [-0.3, -0.25) is 4.98 Å². The first-order valence-corrected chi connectivity index (χ1v) is 11.2. The van der Waals surface area contributed by atoms with Crippen LogP contribution in [0.4, 0.5) is 14.9 Å². The normalized spacial score (nSPS) is 16.9. The maximum Gasteiger partial charge on any atom is 0.319 e. The number of carbonyl (C=O) groups is 1. The second-order valence-electron chi connectivity index (χ2n) is 8.29. The molecule has 1 aliphatic heterocycles.